The summed E-state index contributed by atoms with van der Waals surface area (Å²) in [7, 11) is 0. The molecular formula is C19H22ClF3N6O4. The van der Waals surface area contributed by atoms with Gasteiger partial charge in [-0.3, -0.25) is 9.59 Å². The first-order valence-corrected chi connectivity index (χ1v) is 10.4. The molecule has 0 aromatic carbocycles. The lowest BCUT2D eigenvalue weighted by atomic mass is 10.3. The average molecular weight is 491 g/mol. The van der Waals surface area contributed by atoms with Crippen LogP contribution in [0.4, 0.5) is 19.1 Å². The molecule has 0 unspecified atom stereocenters. The summed E-state index contributed by atoms with van der Waals surface area (Å²) >= 11 is 5.83. The normalized spacial score (nSPS) is 15.4. The smallest absolute Gasteiger partial charge is 0.419 e. The third-order valence-corrected chi connectivity index (χ3v) is 5.19. The number of carbonyl (C=O) groups is 1. The molecular weight excluding hydrogens is 469 g/mol. The first-order chi connectivity index (χ1) is 15.6. The van der Waals surface area contributed by atoms with Gasteiger partial charge in [0.05, 0.1) is 30.9 Å². The van der Waals surface area contributed by atoms with Crippen LogP contribution in [0.5, 0.6) is 5.75 Å². The highest BCUT2D eigenvalue weighted by atomic mass is 35.5. The number of nitrogens with zero attached hydrogens (tertiary/aromatic N) is 5. The number of anilines is 1. The minimum atomic E-state index is -4.49. The van der Waals surface area contributed by atoms with Crippen LogP contribution in [0.1, 0.15) is 18.9 Å². The topological polar surface area (TPSA) is 114 Å². The van der Waals surface area contributed by atoms with Crippen LogP contribution in [0.2, 0.25) is 5.02 Å². The molecule has 0 aliphatic carbocycles. The minimum Gasteiger partial charge on any atom is -0.487 e. The molecule has 1 aliphatic heterocycles. The monoisotopic (exact) mass is 490 g/mol. The van der Waals surface area contributed by atoms with Gasteiger partial charge in [-0.25, -0.2) is 15.1 Å². The van der Waals surface area contributed by atoms with Gasteiger partial charge in [-0.2, -0.15) is 18.3 Å². The van der Waals surface area contributed by atoms with Crippen LogP contribution in [0, 0.1) is 0 Å². The number of H-pyrrole nitrogens is 1. The molecule has 1 atom stereocenters. The number of aromatic amines is 1. The lowest BCUT2D eigenvalue weighted by molar-refractivity contribution is -0.138. The molecule has 1 saturated heterocycles. The maximum atomic E-state index is 12.6. The molecule has 3 rings (SSSR count). The molecule has 0 bridgehead atoms. The third-order valence-electron chi connectivity index (χ3n) is 4.84. The fourth-order valence-corrected chi connectivity index (χ4v) is 3.16. The highest BCUT2D eigenvalue weighted by molar-refractivity contribution is 6.31. The van der Waals surface area contributed by atoms with E-state index in [9.17, 15) is 22.8 Å². The molecule has 3 heterocycles. The van der Waals surface area contributed by atoms with E-state index < -0.39 is 17.3 Å². The number of aromatic nitrogens is 4. The summed E-state index contributed by atoms with van der Waals surface area (Å²) in [5.41, 5.74) is -1.46. The van der Waals surface area contributed by atoms with Gasteiger partial charge in [0.25, 0.3) is 5.56 Å². The van der Waals surface area contributed by atoms with Crippen molar-refractivity contribution in [2.24, 2.45) is 0 Å². The van der Waals surface area contributed by atoms with Gasteiger partial charge in [-0.1, -0.05) is 11.6 Å². The Morgan fingerprint density at radius 3 is 2.52 bits per heavy atom. The Hall–Kier alpha value is -2.93. The summed E-state index contributed by atoms with van der Waals surface area (Å²) in [5.74, 6) is 0.239. The maximum absolute atomic E-state index is 12.6. The zero-order chi connectivity index (χ0) is 24.0. The van der Waals surface area contributed by atoms with E-state index in [4.69, 9.17) is 21.1 Å². The number of rotatable bonds is 8. The van der Waals surface area contributed by atoms with Gasteiger partial charge < -0.3 is 19.3 Å². The molecule has 10 nitrogen and oxygen atoms in total. The van der Waals surface area contributed by atoms with Crippen molar-refractivity contribution in [2.75, 3.05) is 44.3 Å². The van der Waals surface area contributed by atoms with Gasteiger partial charge in [0.1, 0.15) is 6.61 Å². The van der Waals surface area contributed by atoms with Gasteiger partial charge in [0.15, 0.2) is 10.8 Å². The summed E-state index contributed by atoms with van der Waals surface area (Å²) in [4.78, 5) is 34.8. The molecule has 1 amide bonds. The molecule has 2 aromatic rings. The average Bonchev–Trinajstić information content (AvgIpc) is 2.79. The number of halogens is 4. The zero-order valence-electron chi connectivity index (χ0n) is 17.6. The predicted octanol–water partition coefficient (Wildman–Crippen LogP) is 1.75. The fourth-order valence-electron chi connectivity index (χ4n) is 3.02. The number of hydrogen-bond acceptors (Lipinski definition) is 8. The maximum Gasteiger partial charge on any atom is 0.419 e. The highest BCUT2D eigenvalue weighted by Crippen LogP contribution is 2.28. The Morgan fingerprint density at radius 2 is 1.88 bits per heavy atom. The Kier molecular flexibility index (Phi) is 8.08. The van der Waals surface area contributed by atoms with Crippen molar-refractivity contribution < 1.29 is 27.4 Å². The van der Waals surface area contributed by atoms with Gasteiger partial charge in [0.2, 0.25) is 11.9 Å². The van der Waals surface area contributed by atoms with Crippen molar-refractivity contribution in [3.05, 3.63) is 39.5 Å². The second-order valence-corrected chi connectivity index (χ2v) is 7.64. The highest BCUT2D eigenvalue weighted by Gasteiger charge is 2.32. The van der Waals surface area contributed by atoms with Crippen LogP contribution in [0.25, 0.3) is 0 Å². The van der Waals surface area contributed by atoms with Crippen molar-refractivity contribution in [2.45, 2.75) is 25.6 Å². The van der Waals surface area contributed by atoms with Gasteiger partial charge in [-0.05, 0) is 6.92 Å². The van der Waals surface area contributed by atoms with E-state index in [0.29, 0.717) is 26.2 Å². The largest absolute Gasteiger partial charge is 0.487 e. The quantitative estimate of drug-likeness (QED) is 0.595. The van der Waals surface area contributed by atoms with E-state index in [2.05, 4.69) is 20.2 Å². The van der Waals surface area contributed by atoms with E-state index in [1.807, 2.05) is 0 Å². The molecule has 180 valence electrons. The van der Waals surface area contributed by atoms with Crippen LogP contribution >= 0.6 is 11.6 Å². The second-order valence-electron chi connectivity index (χ2n) is 7.26. The molecule has 1 fully saturated rings. The van der Waals surface area contributed by atoms with Crippen LogP contribution in [-0.2, 0) is 15.7 Å². The standard InChI is InChI=1S/C19H22ClF3N6O4/c1-12(11-33-14-10-26-27-17(31)16(14)20)32-7-2-15(30)28-3-5-29(6-4-28)18-24-8-13(9-25-18)19(21,22)23/h8-10,12H,2-7,11H2,1H3,(H,27,31)/t12-/m0/s1. The number of piperazine rings is 1. The number of ether oxygens (including phenoxy) is 2. The van der Waals surface area contributed by atoms with Crippen molar-refractivity contribution >= 4 is 23.5 Å². The van der Waals surface area contributed by atoms with Gasteiger partial charge in [-0.15, -0.1) is 0 Å². The van der Waals surface area contributed by atoms with E-state index in [0.717, 1.165) is 12.4 Å². The SMILES string of the molecule is C[C@@H](COc1cn[nH]c(=O)c1Cl)OCCC(=O)N1CCN(c2ncc(C(F)(F)F)cn2)CC1. The molecule has 0 saturated carbocycles. The van der Waals surface area contributed by atoms with Gasteiger partial charge >= 0.3 is 6.18 Å². The lowest BCUT2D eigenvalue weighted by Gasteiger charge is -2.34. The Bertz CT molecular complexity index is 996. The zero-order valence-corrected chi connectivity index (χ0v) is 18.4. The number of amides is 1. The summed E-state index contributed by atoms with van der Waals surface area (Å²) in [6.45, 7) is 3.66. The Morgan fingerprint density at radius 1 is 1.21 bits per heavy atom. The predicted molar refractivity (Wildman–Crippen MR) is 111 cm³/mol. The van der Waals surface area contributed by atoms with Crippen LogP contribution < -0.4 is 15.2 Å². The van der Waals surface area contributed by atoms with E-state index >= 15 is 0 Å². The molecule has 1 aliphatic rings. The number of nitrogens with one attached hydrogen (secondary N) is 1. The Labute approximate surface area is 191 Å². The third kappa shape index (κ3) is 6.78. The van der Waals surface area contributed by atoms with Crippen LogP contribution in [0.15, 0.2) is 23.4 Å². The Balaban J connectivity index is 1.37. The molecule has 2 aromatic heterocycles. The van der Waals surface area contributed by atoms with E-state index in [1.165, 1.54) is 6.20 Å². The van der Waals surface area contributed by atoms with Crippen molar-refractivity contribution in [1.29, 1.82) is 0 Å². The minimum absolute atomic E-state index is 0.0991. The van der Waals surface area contributed by atoms with Gasteiger partial charge in [0, 0.05) is 38.6 Å². The molecule has 0 spiro atoms. The van der Waals surface area contributed by atoms with Crippen molar-refractivity contribution in [3.8, 4) is 5.75 Å². The molecule has 14 heteroatoms. The molecule has 1 N–H and O–H groups in total. The number of hydrogen-bond donors (Lipinski definition) is 1. The first kappa shape index (κ1) is 24.7. The number of carbonyl (C=O) groups excluding carboxylic acids is 1. The molecule has 0 radical (unpaired) electrons. The first-order valence-electron chi connectivity index (χ1n) is 10.0. The fraction of sp³-hybridized carbons (Fsp3) is 0.526. The summed E-state index contributed by atoms with van der Waals surface area (Å²) in [5, 5.41) is 5.68. The van der Waals surface area contributed by atoms with E-state index in [1.54, 1.807) is 16.7 Å². The van der Waals surface area contributed by atoms with Crippen molar-refractivity contribution in [1.82, 2.24) is 25.1 Å². The van der Waals surface area contributed by atoms with Crippen LogP contribution in [-0.4, -0.2) is 76.5 Å². The number of alkyl halides is 3. The summed E-state index contributed by atoms with van der Waals surface area (Å²) < 4.78 is 48.9. The van der Waals surface area contributed by atoms with E-state index in [-0.39, 0.29) is 48.4 Å². The summed E-state index contributed by atoms with van der Waals surface area (Å²) in [6.07, 6.45) is -1.89. The second kappa shape index (κ2) is 10.8. The van der Waals surface area contributed by atoms with Crippen molar-refractivity contribution in [3.63, 3.8) is 0 Å². The van der Waals surface area contributed by atoms with Crippen LogP contribution in [0.3, 0.4) is 0 Å². The summed E-state index contributed by atoms with van der Waals surface area (Å²) in [6, 6.07) is 0. The lowest BCUT2D eigenvalue weighted by Crippen LogP contribution is -2.49. The molecule has 33 heavy (non-hydrogen) atoms.